The van der Waals surface area contributed by atoms with Gasteiger partial charge in [-0.1, -0.05) is 13.8 Å². The fourth-order valence-corrected chi connectivity index (χ4v) is 3.31. The lowest BCUT2D eigenvalue weighted by molar-refractivity contribution is 0.219. The first-order valence-electron chi connectivity index (χ1n) is 6.58. The van der Waals surface area contributed by atoms with E-state index in [1.165, 1.54) is 0 Å². The van der Waals surface area contributed by atoms with Crippen LogP contribution in [-0.2, 0) is 5.41 Å². The summed E-state index contributed by atoms with van der Waals surface area (Å²) in [6, 6.07) is 4.00. The summed E-state index contributed by atoms with van der Waals surface area (Å²) < 4.78 is 12.6. The average Bonchev–Trinajstić information content (AvgIpc) is 2.92. The molecular weight excluding hydrogens is 320 g/mol. The van der Waals surface area contributed by atoms with Gasteiger partial charge in [0.15, 0.2) is 0 Å². The van der Waals surface area contributed by atoms with Crippen molar-refractivity contribution in [1.29, 1.82) is 0 Å². The van der Waals surface area contributed by atoms with Crippen LogP contribution >= 0.6 is 15.9 Å². The fourth-order valence-electron chi connectivity index (χ4n) is 2.72. The molecule has 0 spiro atoms. The smallest absolute Gasteiger partial charge is 0.149 e. The first kappa shape index (κ1) is 13.7. The Kier molecular flexibility index (Phi) is 2.99. The third kappa shape index (κ3) is 1.82. The molecule has 0 amide bonds. The number of fused-ring (bicyclic) bond motifs is 2. The fraction of sp³-hybridized carbons (Fsp3) is 0.375. The summed E-state index contributed by atoms with van der Waals surface area (Å²) in [7, 11) is 0. The van der Waals surface area contributed by atoms with Crippen LogP contribution in [-0.4, -0.2) is 11.7 Å². The number of aliphatic hydroxyl groups is 1. The van der Waals surface area contributed by atoms with Crippen molar-refractivity contribution in [3.63, 3.8) is 0 Å². The minimum atomic E-state index is -0.405. The Morgan fingerprint density at radius 2 is 1.60 bits per heavy atom. The van der Waals surface area contributed by atoms with E-state index in [1.54, 1.807) is 0 Å². The molecule has 106 valence electrons. The molecule has 0 atom stereocenters. The van der Waals surface area contributed by atoms with Crippen molar-refractivity contribution in [3.8, 4) is 0 Å². The summed E-state index contributed by atoms with van der Waals surface area (Å²) in [5.74, 6) is 1.69. The minimum absolute atomic E-state index is 0.0445. The maximum Gasteiger partial charge on any atom is 0.149 e. The van der Waals surface area contributed by atoms with Gasteiger partial charge in [-0.3, -0.25) is 0 Å². The highest BCUT2D eigenvalue weighted by molar-refractivity contribution is 9.10. The van der Waals surface area contributed by atoms with E-state index >= 15 is 0 Å². The predicted octanol–water partition coefficient (Wildman–Crippen LogP) is 4.83. The van der Waals surface area contributed by atoms with Gasteiger partial charge in [-0.2, -0.15) is 0 Å². The van der Waals surface area contributed by atoms with E-state index in [-0.39, 0.29) is 6.61 Å². The Morgan fingerprint density at radius 1 is 1.05 bits per heavy atom. The second kappa shape index (κ2) is 4.37. The van der Waals surface area contributed by atoms with Gasteiger partial charge in [0, 0.05) is 21.8 Å². The zero-order valence-corrected chi connectivity index (χ0v) is 13.6. The quantitative estimate of drug-likeness (QED) is 0.729. The molecule has 0 aliphatic heterocycles. The molecular formula is C16H17BrO3. The van der Waals surface area contributed by atoms with E-state index in [1.807, 2.05) is 39.8 Å². The number of furan rings is 2. The molecule has 1 aromatic carbocycles. The number of hydrogen-bond donors (Lipinski definition) is 1. The summed E-state index contributed by atoms with van der Waals surface area (Å²) in [4.78, 5) is 0. The Balaban J connectivity index is 2.58. The molecule has 20 heavy (non-hydrogen) atoms. The number of hydrogen-bond acceptors (Lipinski definition) is 3. The molecule has 4 heteroatoms. The molecule has 0 radical (unpaired) electrons. The second-order valence-electron chi connectivity index (χ2n) is 5.93. The molecule has 0 aliphatic carbocycles. The third-order valence-corrected chi connectivity index (χ3v) is 4.50. The maximum absolute atomic E-state index is 9.77. The van der Waals surface area contributed by atoms with Crippen molar-refractivity contribution < 1.29 is 13.9 Å². The van der Waals surface area contributed by atoms with Crippen molar-refractivity contribution >= 4 is 37.9 Å². The van der Waals surface area contributed by atoms with Gasteiger partial charge in [-0.15, -0.1) is 0 Å². The van der Waals surface area contributed by atoms with Gasteiger partial charge in [0.25, 0.3) is 0 Å². The molecule has 3 rings (SSSR count). The maximum atomic E-state index is 9.77. The highest BCUT2D eigenvalue weighted by atomic mass is 79.9. The standard InChI is InChI=1S/C16H17BrO3/c1-8-5-10-12(16(3,4)7-18)14-11(6-9(2)19-14)13(17)15(10)20-8/h5-6,18H,7H2,1-4H3. The second-order valence-corrected chi connectivity index (χ2v) is 6.72. The monoisotopic (exact) mass is 336 g/mol. The molecule has 0 bridgehead atoms. The van der Waals surface area contributed by atoms with E-state index < -0.39 is 5.41 Å². The predicted molar refractivity (Wildman–Crippen MR) is 83.3 cm³/mol. The largest absolute Gasteiger partial charge is 0.461 e. The summed E-state index contributed by atoms with van der Waals surface area (Å²) in [5, 5.41) is 11.7. The lowest BCUT2D eigenvalue weighted by Gasteiger charge is -2.23. The van der Waals surface area contributed by atoms with E-state index in [0.29, 0.717) is 0 Å². The normalized spacial score (nSPS) is 12.7. The van der Waals surface area contributed by atoms with Gasteiger partial charge in [0.2, 0.25) is 0 Å². The number of rotatable bonds is 2. The minimum Gasteiger partial charge on any atom is -0.461 e. The molecule has 3 nitrogen and oxygen atoms in total. The molecule has 2 aromatic heterocycles. The van der Waals surface area contributed by atoms with E-state index in [2.05, 4.69) is 15.9 Å². The van der Waals surface area contributed by atoms with Crippen LogP contribution in [0, 0.1) is 13.8 Å². The van der Waals surface area contributed by atoms with Crippen molar-refractivity contribution in [1.82, 2.24) is 0 Å². The van der Waals surface area contributed by atoms with Crippen LogP contribution in [0.25, 0.3) is 21.9 Å². The summed E-state index contributed by atoms with van der Waals surface area (Å²) >= 11 is 3.62. The lowest BCUT2D eigenvalue weighted by Crippen LogP contribution is -2.22. The van der Waals surface area contributed by atoms with Crippen molar-refractivity contribution in [2.75, 3.05) is 6.61 Å². The first-order valence-corrected chi connectivity index (χ1v) is 7.37. The Morgan fingerprint density at radius 3 is 2.20 bits per heavy atom. The van der Waals surface area contributed by atoms with Crippen LogP contribution in [0.1, 0.15) is 30.9 Å². The number of aryl methyl sites for hydroxylation is 2. The highest BCUT2D eigenvalue weighted by Gasteiger charge is 2.30. The van der Waals surface area contributed by atoms with Crippen LogP contribution in [0.4, 0.5) is 0 Å². The van der Waals surface area contributed by atoms with Crippen LogP contribution in [0.2, 0.25) is 0 Å². The van der Waals surface area contributed by atoms with Crippen molar-refractivity contribution in [3.05, 3.63) is 33.7 Å². The zero-order valence-electron chi connectivity index (χ0n) is 12.0. The van der Waals surface area contributed by atoms with Gasteiger partial charge in [-0.25, -0.2) is 0 Å². The zero-order chi connectivity index (χ0) is 14.7. The number of halogens is 1. The molecule has 2 heterocycles. The molecule has 1 N–H and O–H groups in total. The van der Waals surface area contributed by atoms with Gasteiger partial charge < -0.3 is 13.9 Å². The Labute approximate surface area is 125 Å². The van der Waals surface area contributed by atoms with E-state index in [9.17, 15) is 5.11 Å². The molecule has 0 saturated heterocycles. The topological polar surface area (TPSA) is 46.5 Å². The molecule has 0 aliphatic rings. The van der Waals surface area contributed by atoms with Gasteiger partial charge in [-0.05, 0) is 41.9 Å². The van der Waals surface area contributed by atoms with Crippen LogP contribution < -0.4 is 0 Å². The van der Waals surface area contributed by atoms with Gasteiger partial charge >= 0.3 is 0 Å². The molecule has 0 saturated carbocycles. The van der Waals surface area contributed by atoms with Crippen molar-refractivity contribution in [2.45, 2.75) is 33.1 Å². The molecule has 0 fully saturated rings. The van der Waals surface area contributed by atoms with Crippen LogP contribution in [0.5, 0.6) is 0 Å². The van der Waals surface area contributed by atoms with Crippen molar-refractivity contribution in [2.24, 2.45) is 0 Å². The lowest BCUT2D eigenvalue weighted by atomic mass is 9.82. The average molecular weight is 337 g/mol. The Bertz CT molecular complexity index is 750. The first-order chi connectivity index (χ1) is 9.35. The van der Waals surface area contributed by atoms with Gasteiger partial charge in [0.05, 0.1) is 11.1 Å². The Hall–Kier alpha value is -1.26. The summed E-state index contributed by atoms with van der Waals surface area (Å²) in [6.45, 7) is 7.91. The van der Waals surface area contributed by atoms with Crippen LogP contribution in [0.3, 0.4) is 0 Å². The number of aliphatic hydroxyl groups excluding tert-OH is 1. The SMILES string of the molecule is Cc1cc2c(C(C)(C)CO)c3oc(C)cc3c(Br)c2o1. The van der Waals surface area contributed by atoms with Crippen LogP contribution in [0.15, 0.2) is 25.4 Å². The van der Waals surface area contributed by atoms with E-state index in [4.69, 9.17) is 8.83 Å². The van der Waals surface area contributed by atoms with Gasteiger partial charge in [0.1, 0.15) is 22.7 Å². The van der Waals surface area contributed by atoms with E-state index in [0.717, 1.165) is 43.5 Å². The summed E-state index contributed by atoms with van der Waals surface area (Å²) in [6.07, 6.45) is 0. The third-order valence-electron chi connectivity index (χ3n) is 3.71. The molecule has 0 unspecified atom stereocenters. The highest BCUT2D eigenvalue weighted by Crippen LogP contribution is 2.43. The number of benzene rings is 1. The molecule has 3 aromatic rings. The summed E-state index contributed by atoms with van der Waals surface area (Å²) in [5.41, 5.74) is 2.23.